The topological polar surface area (TPSA) is 90.2 Å². The first-order valence-electron chi connectivity index (χ1n) is 9.20. The molecular weight excluding hydrogens is 348 g/mol. The van der Waals surface area contributed by atoms with E-state index in [1.54, 1.807) is 20.4 Å². The highest BCUT2D eigenvalue weighted by Gasteiger charge is 2.34. The molecule has 1 N–H and O–H groups in total. The van der Waals surface area contributed by atoms with E-state index < -0.39 is 0 Å². The van der Waals surface area contributed by atoms with Gasteiger partial charge in [0.05, 0.1) is 37.4 Å². The summed E-state index contributed by atoms with van der Waals surface area (Å²) in [5.41, 5.74) is 2.25. The van der Waals surface area contributed by atoms with E-state index in [1.165, 1.54) is 0 Å². The predicted octanol–water partition coefficient (Wildman–Crippen LogP) is 3.86. The van der Waals surface area contributed by atoms with Crippen LogP contribution in [0, 0.1) is 6.92 Å². The normalized spacial score (nSPS) is 17.9. The number of hydrogen-bond acceptors (Lipinski definition) is 7. The quantitative estimate of drug-likeness (QED) is 0.547. The lowest BCUT2D eigenvalue weighted by atomic mass is 9.82. The summed E-state index contributed by atoms with van der Waals surface area (Å²) in [7, 11) is 3.13. The molecule has 0 bridgehead atoms. The Morgan fingerprint density at radius 1 is 1.30 bits per heavy atom. The van der Waals surface area contributed by atoms with Gasteiger partial charge < -0.3 is 19.4 Å². The molecule has 1 aromatic rings. The Bertz CT molecular complexity index is 755. The van der Waals surface area contributed by atoms with E-state index in [0.29, 0.717) is 42.4 Å². The van der Waals surface area contributed by atoms with Gasteiger partial charge in [-0.1, -0.05) is 18.5 Å². The molecule has 0 spiro atoms. The number of allylic oxidation sites excluding steroid dienone is 2. The van der Waals surface area contributed by atoms with Crippen molar-refractivity contribution in [2.45, 2.75) is 52.4 Å². The smallest absolute Gasteiger partial charge is 0.168 e. The number of ether oxygens (including phenoxy) is 2. The van der Waals surface area contributed by atoms with Gasteiger partial charge in [0.25, 0.3) is 0 Å². The Labute approximate surface area is 160 Å². The number of hydrogen-bond donors (Lipinski definition) is 1. The number of aliphatic hydroxyl groups excluding tert-OH is 1. The SMILES string of the molecule is CCC/C(=N\OCC)C1=C(O)CC(c2ncc(OC)c(C)c2OC)CC1=O. The molecule has 0 aliphatic heterocycles. The van der Waals surface area contributed by atoms with Crippen LogP contribution in [0.4, 0.5) is 0 Å². The van der Waals surface area contributed by atoms with E-state index in [4.69, 9.17) is 14.3 Å². The number of methoxy groups -OCH3 is 2. The number of carbonyl (C=O) groups is 1. The monoisotopic (exact) mass is 376 g/mol. The Kier molecular flexibility index (Phi) is 7.21. The molecule has 1 heterocycles. The van der Waals surface area contributed by atoms with Crippen molar-refractivity contribution in [3.05, 3.63) is 28.8 Å². The van der Waals surface area contributed by atoms with E-state index in [1.807, 2.05) is 20.8 Å². The molecule has 27 heavy (non-hydrogen) atoms. The van der Waals surface area contributed by atoms with Crippen molar-refractivity contribution in [1.82, 2.24) is 4.98 Å². The van der Waals surface area contributed by atoms with Gasteiger partial charge in [0, 0.05) is 24.3 Å². The van der Waals surface area contributed by atoms with Gasteiger partial charge in [-0.3, -0.25) is 9.78 Å². The average molecular weight is 376 g/mol. The van der Waals surface area contributed by atoms with Gasteiger partial charge in [0.1, 0.15) is 23.9 Å². The highest BCUT2D eigenvalue weighted by atomic mass is 16.6. The number of aliphatic hydroxyl groups is 1. The Balaban J connectivity index is 2.40. The number of pyridine rings is 1. The molecule has 1 atom stereocenters. The number of aromatic nitrogens is 1. The standard InChI is InChI=1S/C20H28N2O5/c1-6-8-14(22-27-7-2)18-15(23)9-13(10-16(18)24)19-20(26-5)12(3)17(25-4)11-21-19/h11,13,23H,6-10H2,1-5H3/b22-14+. The fourth-order valence-corrected chi connectivity index (χ4v) is 3.35. The molecule has 7 nitrogen and oxygen atoms in total. The zero-order valence-electron chi connectivity index (χ0n) is 16.7. The summed E-state index contributed by atoms with van der Waals surface area (Å²) in [5.74, 6) is 0.802. The van der Waals surface area contributed by atoms with Gasteiger partial charge in [-0.2, -0.15) is 0 Å². The lowest BCUT2D eigenvalue weighted by molar-refractivity contribution is -0.116. The Hall–Kier alpha value is -2.57. The second-order valence-electron chi connectivity index (χ2n) is 6.43. The van der Waals surface area contributed by atoms with Crippen molar-refractivity contribution in [2.75, 3.05) is 20.8 Å². The fourth-order valence-electron chi connectivity index (χ4n) is 3.35. The zero-order valence-corrected chi connectivity index (χ0v) is 16.7. The first-order chi connectivity index (χ1) is 13.0. The molecule has 0 saturated carbocycles. The van der Waals surface area contributed by atoms with Crippen LogP contribution in [0.5, 0.6) is 11.5 Å². The molecule has 1 aliphatic carbocycles. The van der Waals surface area contributed by atoms with Crippen molar-refractivity contribution < 1.29 is 24.2 Å². The first-order valence-corrected chi connectivity index (χ1v) is 9.20. The summed E-state index contributed by atoms with van der Waals surface area (Å²) in [5, 5.41) is 14.7. The minimum atomic E-state index is -0.268. The molecule has 0 fully saturated rings. The van der Waals surface area contributed by atoms with E-state index in [0.717, 1.165) is 12.0 Å². The van der Waals surface area contributed by atoms with Crippen molar-refractivity contribution >= 4 is 11.5 Å². The lowest BCUT2D eigenvalue weighted by Crippen LogP contribution is -2.25. The van der Waals surface area contributed by atoms with Crippen LogP contribution in [0.1, 0.15) is 56.7 Å². The number of rotatable bonds is 8. The third-order valence-corrected chi connectivity index (χ3v) is 4.59. The highest BCUT2D eigenvalue weighted by Crippen LogP contribution is 2.40. The Morgan fingerprint density at radius 2 is 2.04 bits per heavy atom. The summed E-state index contributed by atoms with van der Waals surface area (Å²) in [6, 6.07) is 0. The van der Waals surface area contributed by atoms with Gasteiger partial charge >= 0.3 is 0 Å². The molecule has 2 rings (SSSR count). The molecule has 7 heteroatoms. The summed E-state index contributed by atoms with van der Waals surface area (Å²) in [6.45, 7) is 6.10. The van der Waals surface area contributed by atoms with Gasteiger partial charge in [-0.25, -0.2) is 0 Å². The van der Waals surface area contributed by atoms with Crippen LogP contribution in [0.3, 0.4) is 0 Å². The lowest BCUT2D eigenvalue weighted by Gasteiger charge is -2.25. The van der Waals surface area contributed by atoms with Crippen LogP contribution >= 0.6 is 0 Å². The highest BCUT2D eigenvalue weighted by molar-refractivity contribution is 6.23. The van der Waals surface area contributed by atoms with Crippen LogP contribution in [0.15, 0.2) is 22.7 Å². The summed E-state index contributed by atoms with van der Waals surface area (Å²) >= 11 is 0. The zero-order chi connectivity index (χ0) is 20.0. The van der Waals surface area contributed by atoms with E-state index in [2.05, 4.69) is 10.1 Å². The molecule has 0 amide bonds. The van der Waals surface area contributed by atoms with Gasteiger partial charge in [0.2, 0.25) is 0 Å². The maximum atomic E-state index is 12.8. The largest absolute Gasteiger partial charge is 0.511 e. The van der Waals surface area contributed by atoms with Crippen molar-refractivity contribution in [1.29, 1.82) is 0 Å². The minimum Gasteiger partial charge on any atom is -0.511 e. The van der Waals surface area contributed by atoms with Crippen molar-refractivity contribution in [3.8, 4) is 11.5 Å². The molecule has 1 aliphatic rings. The van der Waals surface area contributed by atoms with Crippen LogP contribution in [0.2, 0.25) is 0 Å². The van der Waals surface area contributed by atoms with Gasteiger partial charge in [-0.15, -0.1) is 0 Å². The van der Waals surface area contributed by atoms with Crippen LogP contribution in [-0.2, 0) is 9.63 Å². The van der Waals surface area contributed by atoms with Crippen LogP contribution < -0.4 is 9.47 Å². The molecule has 1 aromatic heterocycles. The summed E-state index contributed by atoms with van der Waals surface area (Å²) in [4.78, 5) is 22.4. The number of carbonyl (C=O) groups excluding carboxylic acids is 1. The summed E-state index contributed by atoms with van der Waals surface area (Å²) in [6.07, 6.45) is 3.51. The number of ketones is 1. The van der Waals surface area contributed by atoms with Gasteiger partial charge in [0.15, 0.2) is 5.78 Å². The molecule has 0 saturated heterocycles. The number of Topliss-reactive ketones (excluding diaryl/α,β-unsaturated/α-hetero) is 1. The molecule has 0 aromatic carbocycles. The maximum absolute atomic E-state index is 12.8. The second-order valence-corrected chi connectivity index (χ2v) is 6.43. The predicted molar refractivity (Wildman–Crippen MR) is 103 cm³/mol. The van der Waals surface area contributed by atoms with Crippen LogP contribution in [-0.4, -0.2) is 42.4 Å². The van der Waals surface area contributed by atoms with E-state index in [-0.39, 0.29) is 29.5 Å². The second kappa shape index (κ2) is 9.39. The number of oxime groups is 1. The van der Waals surface area contributed by atoms with E-state index in [9.17, 15) is 9.90 Å². The minimum absolute atomic E-state index is 0.0282. The third kappa shape index (κ3) is 4.40. The molecule has 1 unspecified atom stereocenters. The first kappa shape index (κ1) is 20.7. The molecule has 0 radical (unpaired) electrons. The molecule has 148 valence electrons. The molecular formula is C20H28N2O5. The maximum Gasteiger partial charge on any atom is 0.168 e. The van der Waals surface area contributed by atoms with Crippen molar-refractivity contribution in [2.24, 2.45) is 5.16 Å². The average Bonchev–Trinajstić information content (AvgIpc) is 2.65. The van der Waals surface area contributed by atoms with Crippen LogP contribution in [0.25, 0.3) is 0 Å². The van der Waals surface area contributed by atoms with Crippen molar-refractivity contribution in [3.63, 3.8) is 0 Å². The number of nitrogens with zero attached hydrogens (tertiary/aromatic N) is 2. The third-order valence-electron chi connectivity index (χ3n) is 4.59. The summed E-state index contributed by atoms with van der Waals surface area (Å²) < 4.78 is 10.8. The van der Waals surface area contributed by atoms with Gasteiger partial charge in [-0.05, 0) is 20.3 Å². The fraction of sp³-hybridized carbons (Fsp3) is 0.550. The Morgan fingerprint density at radius 3 is 2.59 bits per heavy atom. The van der Waals surface area contributed by atoms with E-state index >= 15 is 0 Å².